The molecule has 0 radical (unpaired) electrons. The number of thiazole rings is 1. The summed E-state index contributed by atoms with van der Waals surface area (Å²) in [6.07, 6.45) is 0.0420. The molecule has 2 aromatic carbocycles. The number of carbonyl (C=O) groups excluding carboxylic acids is 1. The summed E-state index contributed by atoms with van der Waals surface area (Å²) in [5, 5.41) is 9.78. The van der Waals surface area contributed by atoms with E-state index in [1.807, 2.05) is 0 Å². The van der Waals surface area contributed by atoms with Crippen LogP contribution in [-0.2, 0) is 4.79 Å². The number of nitrogens with zero attached hydrogens (tertiary/aromatic N) is 2. The first-order chi connectivity index (χ1) is 13.2. The maximum Gasteiger partial charge on any atom is 0.326 e. The van der Waals surface area contributed by atoms with Gasteiger partial charge in [0.05, 0.1) is 10.2 Å². The van der Waals surface area contributed by atoms with E-state index in [9.17, 15) is 27.9 Å². The van der Waals surface area contributed by atoms with Crippen LogP contribution in [-0.4, -0.2) is 21.6 Å². The van der Waals surface area contributed by atoms with Crippen molar-refractivity contribution in [3.8, 4) is 0 Å². The quantitative estimate of drug-likeness (QED) is 0.620. The number of aromatic nitrogens is 1. The number of amides is 1. The molecular weight excluding hydrogens is 417 g/mol. The summed E-state index contributed by atoms with van der Waals surface area (Å²) < 4.78 is 42.3. The minimum absolute atomic E-state index is 0.0420. The number of halogens is 4. The molecule has 10 heteroatoms. The highest BCUT2D eigenvalue weighted by atomic mass is 35.5. The van der Waals surface area contributed by atoms with Crippen molar-refractivity contribution in [1.82, 2.24) is 4.57 Å². The molecule has 3 rings (SSSR count). The Morgan fingerprint density at radius 1 is 1.25 bits per heavy atom. The molecule has 1 aromatic heterocycles. The summed E-state index contributed by atoms with van der Waals surface area (Å²) in [6, 6.07) is 5.32. The summed E-state index contributed by atoms with van der Waals surface area (Å²) in [6.45, 7) is 1.55. The second-order valence-electron chi connectivity index (χ2n) is 5.78. The molecule has 0 aliphatic heterocycles. The Morgan fingerprint density at radius 3 is 2.57 bits per heavy atom. The number of carbonyl (C=O) groups is 2. The zero-order chi connectivity index (χ0) is 20.6. The number of carboxylic acid groups (broad SMARTS) is 1. The molecule has 1 N–H and O–H groups in total. The maximum atomic E-state index is 14.2. The highest BCUT2D eigenvalue weighted by Gasteiger charge is 2.26. The van der Waals surface area contributed by atoms with Gasteiger partial charge in [-0.15, -0.1) is 0 Å². The van der Waals surface area contributed by atoms with Gasteiger partial charge in [-0.1, -0.05) is 35.9 Å². The fourth-order valence-corrected chi connectivity index (χ4v) is 3.97. The number of carboxylic acids is 1. The first-order valence-electron chi connectivity index (χ1n) is 8.00. The lowest BCUT2D eigenvalue weighted by Crippen LogP contribution is -2.27. The molecular formula is C18H12ClF3N2O3S. The smallest absolute Gasteiger partial charge is 0.326 e. The summed E-state index contributed by atoms with van der Waals surface area (Å²) in [5.74, 6) is -6.67. The predicted octanol–water partition coefficient (Wildman–Crippen LogP) is 4.55. The molecule has 5 nitrogen and oxygen atoms in total. The molecule has 28 heavy (non-hydrogen) atoms. The molecule has 0 saturated carbocycles. The highest BCUT2D eigenvalue weighted by Crippen LogP contribution is 2.28. The fraction of sp³-hybridized carbons (Fsp3) is 0.167. The van der Waals surface area contributed by atoms with Crippen LogP contribution in [0.2, 0.25) is 5.02 Å². The molecule has 3 aromatic rings. The van der Waals surface area contributed by atoms with Crippen LogP contribution in [0.5, 0.6) is 0 Å². The minimum Gasteiger partial charge on any atom is -0.480 e. The van der Waals surface area contributed by atoms with Gasteiger partial charge in [0, 0.05) is 16.7 Å². The van der Waals surface area contributed by atoms with Crippen molar-refractivity contribution < 1.29 is 27.9 Å². The van der Waals surface area contributed by atoms with Gasteiger partial charge in [-0.05, 0) is 24.6 Å². The molecule has 146 valence electrons. The Hall–Kier alpha value is -2.65. The van der Waals surface area contributed by atoms with Crippen molar-refractivity contribution in [2.75, 3.05) is 0 Å². The molecule has 1 heterocycles. The van der Waals surface area contributed by atoms with Gasteiger partial charge in [0.25, 0.3) is 5.91 Å². The third-order valence-electron chi connectivity index (χ3n) is 4.01. The summed E-state index contributed by atoms with van der Waals surface area (Å²) in [5.41, 5.74) is -0.0778. The van der Waals surface area contributed by atoms with Crippen molar-refractivity contribution in [1.29, 1.82) is 0 Å². The minimum atomic E-state index is -1.68. The van der Waals surface area contributed by atoms with Crippen LogP contribution in [0.25, 0.3) is 10.2 Å². The Balaban J connectivity index is 2.33. The molecule has 0 saturated heterocycles. The molecule has 0 spiro atoms. The van der Waals surface area contributed by atoms with E-state index in [-0.39, 0.29) is 32.0 Å². The normalized spacial score (nSPS) is 13.1. The van der Waals surface area contributed by atoms with E-state index in [1.165, 1.54) is 18.2 Å². The Bertz CT molecular complexity index is 1170. The fourth-order valence-electron chi connectivity index (χ4n) is 2.70. The summed E-state index contributed by atoms with van der Waals surface area (Å²) in [4.78, 5) is 27.8. The van der Waals surface area contributed by atoms with Gasteiger partial charge in [0.2, 0.25) is 0 Å². The molecule has 1 unspecified atom stereocenters. The molecule has 0 fully saturated rings. The van der Waals surface area contributed by atoms with Crippen molar-refractivity contribution >= 4 is 45.0 Å². The zero-order valence-electron chi connectivity index (χ0n) is 14.2. The highest BCUT2D eigenvalue weighted by molar-refractivity contribution is 7.16. The van der Waals surface area contributed by atoms with Crippen molar-refractivity contribution in [2.24, 2.45) is 4.99 Å². The van der Waals surface area contributed by atoms with E-state index in [0.29, 0.717) is 17.4 Å². The predicted molar refractivity (Wildman–Crippen MR) is 98.0 cm³/mol. The van der Waals surface area contributed by atoms with E-state index < -0.39 is 35.4 Å². The average molecular weight is 429 g/mol. The van der Waals surface area contributed by atoms with Crippen molar-refractivity contribution in [2.45, 2.75) is 19.4 Å². The van der Waals surface area contributed by atoms with Gasteiger partial charge in [0.15, 0.2) is 22.3 Å². The zero-order valence-corrected chi connectivity index (χ0v) is 15.8. The van der Waals surface area contributed by atoms with Crippen LogP contribution in [0.1, 0.15) is 29.7 Å². The van der Waals surface area contributed by atoms with Crippen LogP contribution in [0.3, 0.4) is 0 Å². The van der Waals surface area contributed by atoms with Crippen LogP contribution in [0.4, 0.5) is 13.2 Å². The summed E-state index contributed by atoms with van der Waals surface area (Å²) in [7, 11) is 0. The number of hydrogen-bond donors (Lipinski definition) is 1. The molecule has 1 atom stereocenters. The standard InChI is InChI=1S/C18H12ClF3N2O3S/c1-2-11(17(26)27)24-12-7-10(20)13(21)14(22)15(12)28-18(24)23-16(25)8-4-3-5-9(19)6-8/h3-7,11H,2H2,1H3,(H,26,27). The molecule has 1 amide bonds. The van der Waals surface area contributed by atoms with Gasteiger partial charge in [0.1, 0.15) is 6.04 Å². The number of rotatable bonds is 4. The van der Waals surface area contributed by atoms with Gasteiger partial charge in [-0.2, -0.15) is 4.99 Å². The maximum absolute atomic E-state index is 14.2. The molecule has 0 bridgehead atoms. The second kappa shape index (κ2) is 7.76. The number of aliphatic carboxylic acids is 1. The van der Waals surface area contributed by atoms with E-state index in [0.717, 1.165) is 4.57 Å². The van der Waals surface area contributed by atoms with Gasteiger partial charge in [-0.25, -0.2) is 18.0 Å². The lowest BCUT2D eigenvalue weighted by atomic mass is 10.2. The molecule has 0 aliphatic rings. The van der Waals surface area contributed by atoms with Crippen molar-refractivity contribution in [3.05, 3.63) is 63.2 Å². The monoisotopic (exact) mass is 428 g/mol. The first kappa shape index (κ1) is 20.1. The van der Waals surface area contributed by atoms with Gasteiger partial charge in [-0.3, -0.25) is 4.79 Å². The Labute approximate surface area is 165 Å². The van der Waals surface area contributed by atoms with Crippen LogP contribution >= 0.6 is 22.9 Å². The van der Waals surface area contributed by atoms with Crippen LogP contribution in [0.15, 0.2) is 35.3 Å². The van der Waals surface area contributed by atoms with E-state index in [2.05, 4.69) is 4.99 Å². The van der Waals surface area contributed by atoms with E-state index >= 15 is 0 Å². The van der Waals surface area contributed by atoms with Crippen LogP contribution < -0.4 is 4.80 Å². The van der Waals surface area contributed by atoms with E-state index in [1.54, 1.807) is 13.0 Å². The SMILES string of the molecule is CCC(C(=O)O)n1c(=NC(=O)c2cccc(Cl)c2)sc2c(F)c(F)c(F)cc21. The Morgan fingerprint density at radius 2 is 1.96 bits per heavy atom. The van der Waals surface area contributed by atoms with E-state index in [4.69, 9.17) is 11.6 Å². The second-order valence-corrected chi connectivity index (χ2v) is 7.19. The third-order valence-corrected chi connectivity index (χ3v) is 5.31. The van der Waals surface area contributed by atoms with Gasteiger partial charge < -0.3 is 9.67 Å². The van der Waals surface area contributed by atoms with Crippen molar-refractivity contribution in [3.63, 3.8) is 0 Å². The largest absolute Gasteiger partial charge is 0.480 e. The Kier molecular flexibility index (Phi) is 5.57. The topological polar surface area (TPSA) is 71.7 Å². The lowest BCUT2D eigenvalue weighted by Gasteiger charge is -2.13. The van der Waals surface area contributed by atoms with Gasteiger partial charge >= 0.3 is 5.97 Å². The number of hydrogen-bond acceptors (Lipinski definition) is 3. The number of benzene rings is 2. The van der Waals surface area contributed by atoms with Crippen LogP contribution in [0, 0.1) is 17.5 Å². The average Bonchev–Trinajstić information content (AvgIpc) is 2.98. The summed E-state index contributed by atoms with van der Waals surface area (Å²) >= 11 is 6.41. The first-order valence-corrected chi connectivity index (χ1v) is 9.20. The molecule has 0 aliphatic carbocycles. The third kappa shape index (κ3) is 3.55. The lowest BCUT2D eigenvalue weighted by molar-refractivity contribution is -0.140. The number of fused-ring (bicyclic) bond motifs is 1.